The van der Waals surface area contributed by atoms with E-state index < -0.39 is 24.0 Å². The molecule has 0 aromatic heterocycles. The first-order valence-electron chi connectivity index (χ1n) is 5.93. The normalized spacial score (nSPS) is 13.0. The van der Waals surface area contributed by atoms with Gasteiger partial charge in [-0.3, -0.25) is 20.0 Å². The van der Waals surface area contributed by atoms with Crippen molar-refractivity contribution in [3.05, 3.63) is 18.2 Å². The first kappa shape index (κ1) is 17.1. The van der Waals surface area contributed by atoms with Crippen LogP contribution in [0.3, 0.4) is 0 Å². The summed E-state index contributed by atoms with van der Waals surface area (Å²) >= 11 is 4.14. The Kier molecular flexibility index (Phi) is 6.28. The van der Waals surface area contributed by atoms with Crippen molar-refractivity contribution in [1.82, 2.24) is 11.0 Å². The van der Waals surface area contributed by atoms with E-state index in [0.29, 0.717) is 4.90 Å². The van der Waals surface area contributed by atoms with E-state index in [2.05, 4.69) is 12.6 Å². The Morgan fingerprint density at radius 1 is 1.05 bits per heavy atom. The molecule has 9 heteroatoms. The average Bonchev–Trinajstić information content (AvgIpc) is 2.47. The maximum atomic E-state index is 11.2. The topological polar surface area (TPSA) is 117 Å². The van der Waals surface area contributed by atoms with Crippen molar-refractivity contribution in [3.63, 3.8) is 0 Å². The smallest absolute Gasteiger partial charge is 0.284 e. The van der Waals surface area contributed by atoms with Crippen LogP contribution in [0.4, 0.5) is 0 Å². The van der Waals surface area contributed by atoms with Crippen LogP contribution >= 0.6 is 12.6 Å². The number of hydrogen-bond donors (Lipinski definition) is 5. The molecular formula is C12H16N2O6S. The zero-order chi connectivity index (χ0) is 16.0. The lowest BCUT2D eigenvalue weighted by atomic mass is 10.3. The van der Waals surface area contributed by atoms with E-state index in [1.54, 1.807) is 6.07 Å². The zero-order valence-corrected chi connectivity index (χ0v) is 12.3. The number of ether oxygens (including phenoxy) is 2. The molecule has 2 atom stereocenters. The van der Waals surface area contributed by atoms with Gasteiger partial charge >= 0.3 is 0 Å². The Morgan fingerprint density at radius 3 is 2.00 bits per heavy atom. The molecule has 0 aliphatic rings. The van der Waals surface area contributed by atoms with E-state index in [0.717, 1.165) is 0 Å². The summed E-state index contributed by atoms with van der Waals surface area (Å²) in [7, 11) is 0. The fourth-order valence-electron chi connectivity index (χ4n) is 1.36. The number of nitrogens with one attached hydrogen (secondary N) is 2. The second kappa shape index (κ2) is 7.72. The fraction of sp³-hybridized carbons (Fsp3) is 0.333. The van der Waals surface area contributed by atoms with Crippen LogP contribution in [-0.4, -0.2) is 34.4 Å². The van der Waals surface area contributed by atoms with Crippen molar-refractivity contribution >= 4 is 24.4 Å². The van der Waals surface area contributed by atoms with Crippen LogP contribution in [-0.2, 0) is 9.59 Å². The SMILES string of the molecule is CC(Oc1ccc(S)cc1OC(C)C(=O)NO)C(=O)NO. The third kappa shape index (κ3) is 4.81. The van der Waals surface area contributed by atoms with Gasteiger partial charge in [0.2, 0.25) is 0 Å². The van der Waals surface area contributed by atoms with Crippen molar-refractivity contribution < 1.29 is 29.5 Å². The number of hydroxylamine groups is 2. The van der Waals surface area contributed by atoms with Crippen molar-refractivity contribution in [2.24, 2.45) is 0 Å². The molecule has 1 aromatic rings. The molecule has 0 heterocycles. The molecule has 0 saturated heterocycles. The molecule has 0 radical (unpaired) electrons. The summed E-state index contributed by atoms with van der Waals surface area (Å²) in [5.41, 5.74) is 2.93. The summed E-state index contributed by atoms with van der Waals surface area (Å²) < 4.78 is 10.7. The predicted molar refractivity (Wildman–Crippen MR) is 73.7 cm³/mol. The number of rotatable bonds is 6. The molecule has 0 aliphatic carbocycles. The molecule has 116 valence electrons. The maximum absolute atomic E-state index is 11.2. The average molecular weight is 316 g/mol. The van der Waals surface area contributed by atoms with Crippen molar-refractivity contribution in [2.75, 3.05) is 0 Å². The number of carbonyl (C=O) groups is 2. The molecule has 2 amide bonds. The first-order valence-corrected chi connectivity index (χ1v) is 6.38. The predicted octanol–water partition coefficient (Wildman–Crippen LogP) is 0.521. The van der Waals surface area contributed by atoms with Crippen LogP contribution in [0.25, 0.3) is 0 Å². The lowest BCUT2D eigenvalue weighted by Gasteiger charge is -2.19. The van der Waals surface area contributed by atoms with Crippen molar-refractivity contribution in [3.8, 4) is 11.5 Å². The van der Waals surface area contributed by atoms with Gasteiger partial charge in [-0.1, -0.05) is 0 Å². The summed E-state index contributed by atoms with van der Waals surface area (Å²) in [5.74, 6) is -1.14. The van der Waals surface area contributed by atoms with Gasteiger partial charge in [-0.15, -0.1) is 12.6 Å². The van der Waals surface area contributed by atoms with Gasteiger partial charge < -0.3 is 9.47 Å². The second-order valence-electron chi connectivity index (χ2n) is 4.10. The van der Waals surface area contributed by atoms with Gasteiger partial charge in [0.05, 0.1) is 0 Å². The molecule has 4 N–H and O–H groups in total. The number of thiol groups is 1. The minimum absolute atomic E-state index is 0.163. The molecule has 0 bridgehead atoms. The van der Waals surface area contributed by atoms with E-state index in [-0.39, 0.29) is 11.5 Å². The van der Waals surface area contributed by atoms with Gasteiger partial charge in [-0.05, 0) is 32.0 Å². The van der Waals surface area contributed by atoms with Crippen LogP contribution in [0.5, 0.6) is 11.5 Å². The van der Waals surface area contributed by atoms with Gasteiger partial charge in [-0.25, -0.2) is 11.0 Å². The first-order chi connectivity index (χ1) is 9.88. The lowest BCUT2D eigenvalue weighted by molar-refractivity contribution is -0.137. The monoisotopic (exact) mass is 316 g/mol. The molecule has 0 spiro atoms. The minimum Gasteiger partial charge on any atom is -0.477 e. The van der Waals surface area contributed by atoms with E-state index >= 15 is 0 Å². The Labute approximate surface area is 126 Å². The molecule has 8 nitrogen and oxygen atoms in total. The Balaban J connectivity index is 2.94. The molecule has 21 heavy (non-hydrogen) atoms. The Bertz CT molecular complexity index is 524. The highest BCUT2D eigenvalue weighted by Crippen LogP contribution is 2.31. The number of carbonyl (C=O) groups excluding carboxylic acids is 2. The maximum Gasteiger partial charge on any atom is 0.284 e. The van der Waals surface area contributed by atoms with Gasteiger partial charge in [0.1, 0.15) is 0 Å². The lowest BCUT2D eigenvalue weighted by Crippen LogP contribution is -2.35. The third-order valence-electron chi connectivity index (χ3n) is 2.49. The van der Waals surface area contributed by atoms with Crippen LogP contribution in [0.2, 0.25) is 0 Å². The van der Waals surface area contributed by atoms with Crippen molar-refractivity contribution in [2.45, 2.75) is 31.0 Å². The molecule has 0 saturated carbocycles. The highest BCUT2D eigenvalue weighted by molar-refractivity contribution is 7.80. The second-order valence-corrected chi connectivity index (χ2v) is 4.62. The highest BCUT2D eigenvalue weighted by Gasteiger charge is 2.20. The van der Waals surface area contributed by atoms with Gasteiger partial charge in [0.25, 0.3) is 11.8 Å². The molecule has 0 aliphatic heterocycles. The molecule has 2 unspecified atom stereocenters. The standard InChI is InChI=1S/C12H16N2O6S/c1-6(11(15)13-17)19-9-4-3-8(21)5-10(9)20-7(2)12(16)14-18/h3-7,17-18,21H,1-2H3,(H,13,15)(H,14,16). The molecular weight excluding hydrogens is 300 g/mol. The molecule has 0 fully saturated rings. The Hall–Kier alpha value is -1.97. The highest BCUT2D eigenvalue weighted by atomic mass is 32.1. The summed E-state index contributed by atoms with van der Waals surface area (Å²) in [4.78, 5) is 23.0. The van der Waals surface area contributed by atoms with Crippen LogP contribution in [0.1, 0.15) is 13.8 Å². The van der Waals surface area contributed by atoms with E-state index in [4.69, 9.17) is 19.9 Å². The van der Waals surface area contributed by atoms with Crippen LogP contribution < -0.4 is 20.4 Å². The molecule has 1 rings (SSSR count). The summed E-state index contributed by atoms with van der Waals surface area (Å²) in [5, 5.41) is 17.1. The number of amides is 2. The van der Waals surface area contributed by atoms with E-state index in [1.807, 2.05) is 0 Å². The van der Waals surface area contributed by atoms with Gasteiger partial charge in [0.15, 0.2) is 23.7 Å². The van der Waals surface area contributed by atoms with E-state index in [1.165, 1.54) is 36.9 Å². The quantitative estimate of drug-likeness (QED) is 0.297. The van der Waals surface area contributed by atoms with Crippen LogP contribution in [0, 0.1) is 0 Å². The van der Waals surface area contributed by atoms with E-state index in [9.17, 15) is 9.59 Å². The van der Waals surface area contributed by atoms with Gasteiger partial charge in [0, 0.05) is 4.90 Å². The van der Waals surface area contributed by atoms with Gasteiger partial charge in [-0.2, -0.15) is 0 Å². The summed E-state index contributed by atoms with van der Waals surface area (Å²) in [6.07, 6.45) is -1.97. The minimum atomic E-state index is -0.991. The molecule has 1 aromatic carbocycles. The largest absolute Gasteiger partial charge is 0.477 e. The zero-order valence-electron chi connectivity index (χ0n) is 11.4. The third-order valence-corrected chi connectivity index (χ3v) is 2.77. The number of benzene rings is 1. The Morgan fingerprint density at radius 2 is 1.52 bits per heavy atom. The summed E-state index contributed by atoms with van der Waals surface area (Å²) in [6.45, 7) is 2.85. The number of hydrogen-bond acceptors (Lipinski definition) is 7. The van der Waals surface area contributed by atoms with Crippen LogP contribution in [0.15, 0.2) is 23.1 Å². The fourth-order valence-corrected chi connectivity index (χ4v) is 1.55. The van der Waals surface area contributed by atoms with Crippen molar-refractivity contribution in [1.29, 1.82) is 0 Å². The summed E-state index contributed by atoms with van der Waals surface area (Å²) in [6, 6.07) is 4.59.